The van der Waals surface area contributed by atoms with Gasteiger partial charge >= 0.3 is 0 Å². The maximum absolute atomic E-state index is 14.9. The van der Waals surface area contributed by atoms with E-state index >= 15 is 0 Å². The van der Waals surface area contributed by atoms with Crippen molar-refractivity contribution in [3.05, 3.63) is 42.5 Å². The lowest BCUT2D eigenvalue weighted by molar-refractivity contribution is -0.121. The Labute approximate surface area is 180 Å². The molecular weight excluding hydrogens is 402 g/mol. The van der Waals surface area contributed by atoms with Crippen molar-refractivity contribution in [1.29, 1.82) is 0 Å². The van der Waals surface area contributed by atoms with Crippen molar-refractivity contribution in [2.24, 2.45) is 5.41 Å². The van der Waals surface area contributed by atoms with Crippen LogP contribution in [0.1, 0.15) is 33.6 Å². The molecule has 3 atom stereocenters. The molecule has 4 rings (SSSR count). The quantitative estimate of drug-likeness (QED) is 0.761. The van der Waals surface area contributed by atoms with Crippen LogP contribution in [0.5, 0.6) is 0 Å². The lowest BCUT2D eigenvalue weighted by atomic mass is 9.74. The van der Waals surface area contributed by atoms with Crippen LogP contribution in [-0.4, -0.2) is 51.9 Å². The minimum absolute atomic E-state index is 0.210. The third kappa shape index (κ3) is 3.71. The molecule has 2 aromatic heterocycles. The van der Waals surface area contributed by atoms with Crippen molar-refractivity contribution in [3.8, 4) is 0 Å². The molecule has 3 heterocycles. The first-order chi connectivity index (χ1) is 14.7. The van der Waals surface area contributed by atoms with Gasteiger partial charge in [-0.3, -0.25) is 4.79 Å². The molecule has 2 aliphatic rings. The molecule has 2 N–H and O–H groups in total. The third-order valence-corrected chi connectivity index (χ3v) is 6.53. The van der Waals surface area contributed by atoms with Gasteiger partial charge in [-0.25, -0.2) is 18.3 Å². The van der Waals surface area contributed by atoms with E-state index in [1.807, 2.05) is 11.0 Å². The van der Waals surface area contributed by atoms with Crippen molar-refractivity contribution >= 4 is 23.1 Å². The normalized spacial score (nSPS) is 26.4. The largest absolute Gasteiger partial charge is 0.353 e. The first-order valence-corrected chi connectivity index (χ1v) is 10.5. The summed E-state index contributed by atoms with van der Waals surface area (Å²) in [6.45, 7) is 6.01. The Morgan fingerprint density at radius 1 is 1.39 bits per heavy atom. The maximum Gasteiger partial charge on any atom is 0.244 e. The number of hydrogen-bond acceptors (Lipinski definition) is 5. The monoisotopic (exact) mass is 430 g/mol. The van der Waals surface area contributed by atoms with Crippen LogP contribution in [0.25, 0.3) is 5.65 Å². The smallest absolute Gasteiger partial charge is 0.244 e. The summed E-state index contributed by atoms with van der Waals surface area (Å²) in [6, 6.07) is 1.58. The number of hydrogen-bond donors (Lipinski definition) is 2. The number of allylic oxidation sites excluding steroid dienone is 3. The highest BCUT2D eigenvalue weighted by Gasteiger charge is 2.46. The second-order valence-electron chi connectivity index (χ2n) is 8.95. The fraction of sp³-hybridized carbons (Fsp3) is 0.500. The summed E-state index contributed by atoms with van der Waals surface area (Å²) in [4.78, 5) is 19.3. The number of nitrogens with one attached hydrogen (secondary N) is 2. The van der Waals surface area contributed by atoms with Gasteiger partial charge in [-0.05, 0) is 58.0 Å². The van der Waals surface area contributed by atoms with E-state index in [9.17, 15) is 13.6 Å². The van der Waals surface area contributed by atoms with Gasteiger partial charge in [0, 0.05) is 24.2 Å². The highest BCUT2D eigenvalue weighted by molar-refractivity contribution is 5.99. The Kier molecular flexibility index (Phi) is 5.33. The van der Waals surface area contributed by atoms with E-state index in [2.05, 4.69) is 15.7 Å². The molecule has 0 radical (unpaired) electrons. The van der Waals surface area contributed by atoms with Crippen molar-refractivity contribution in [2.45, 2.75) is 51.4 Å². The number of aromatic nitrogens is 3. The number of carbonyl (C=O) groups is 1. The highest BCUT2D eigenvalue weighted by Crippen LogP contribution is 2.44. The van der Waals surface area contributed by atoms with Gasteiger partial charge in [0.1, 0.15) is 23.5 Å². The summed E-state index contributed by atoms with van der Waals surface area (Å²) in [5, 5.41) is 10.1. The average molecular weight is 431 g/mol. The number of anilines is 2. The molecule has 1 aliphatic carbocycles. The molecule has 2 aromatic rings. The van der Waals surface area contributed by atoms with Crippen LogP contribution in [0.3, 0.4) is 0 Å². The lowest BCUT2D eigenvalue weighted by Gasteiger charge is -2.41. The van der Waals surface area contributed by atoms with Gasteiger partial charge in [0.2, 0.25) is 5.91 Å². The number of amides is 1. The van der Waals surface area contributed by atoms with Crippen LogP contribution >= 0.6 is 0 Å². The van der Waals surface area contributed by atoms with Crippen LogP contribution < -0.4 is 15.5 Å². The third-order valence-electron chi connectivity index (χ3n) is 6.53. The summed E-state index contributed by atoms with van der Waals surface area (Å²) >= 11 is 0. The van der Waals surface area contributed by atoms with Crippen molar-refractivity contribution in [3.63, 3.8) is 0 Å². The van der Waals surface area contributed by atoms with Crippen LogP contribution in [0, 0.1) is 5.41 Å². The van der Waals surface area contributed by atoms with Gasteiger partial charge in [0.25, 0.3) is 0 Å². The summed E-state index contributed by atoms with van der Waals surface area (Å²) in [5.41, 5.74) is -0.763. The molecule has 1 fully saturated rings. The van der Waals surface area contributed by atoms with Crippen LogP contribution in [-0.2, 0) is 4.79 Å². The molecule has 1 saturated heterocycles. The molecule has 31 heavy (non-hydrogen) atoms. The fourth-order valence-electron chi connectivity index (χ4n) is 4.28. The SMILES string of the molecule is CNC(C)(C)C(=O)Nc1cnn2ccc(N3CCC[C@@H]3C3(C)C=C(F)C=CC3F)nc12. The molecule has 0 aromatic carbocycles. The van der Waals surface area contributed by atoms with Crippen LogP contribution in [0.2, 0.25) is 0 Å². The molecule has 2 unspecified atom stereocenters. The zero-order valence-corrected chi connectivity index (χ0v) is 18.2. The Hall–Kier alpha value is -2.81. The number of carbonyl (C=O) groups excluding carboxylic acids is 1. The van der Waals surface area contributed by atoms with E-state index in [4.69, 9.17) is 4.98 Å². The van der Waals surface area contributed by atoms with Gasteiger partial charge in [0.05, 0.1) is 11.7 Å². The molecule has 166 valence electrons. The first kappa shape index (κ1) is 21.4. The molecule has 1 amide bonds. The zero-order valence-electron chi connectivity index (χ0n) is 18.2. The standard InChI is InChI=1S/C22H28F2N6O/c1-21(2,25-4)20(31)27-15-13-26-30-11-9-18(28-19(15)30)29-10-5-6-17(29)22(3)12-14(23)7-8-16(22)24/h7-9,11-13,16-17,25H,5-6,10H2,1-4H3,(H,27,31)/t16?,17-,22?/m1/s1. The van der Waals surface area contributed by atoms with Gasteiger partial charge in [-0.15, -0.1) is 0 Å². The number of alkyl halides is 1. The first-order valence-electron chi connectivity index (χ1n) is 10.5. The fourth-order valence-corrected chi connectivity index (χ4v) is 4.28. The Morgan fingerprint density at radius 3 is 2.90 bits per heavy atom. The summed E-state index contributed by atoms with van der Waals surface area (Å²) in [5.74, 6) is 0.0220. The molecule has 1 aliphatic heterocycles. The number of rotatable bonds is 5. The van der Waals surface area contributed by atoms with E-state index in [0.29, 0.717) is 23.7 Å². The van der Waals surface area contributed by atoms with E-state index in [1.165, 1.54) is 18.2 Å². The minimum Gasteiger partial charge on any atom is -0.353 e. The number of nitrogens with zero attached hydrogens (tertiary/aromatic N) is 4. The average Bonchev–Trinajstić information content (AvgIpc) is 3.38. The minimum atomic E-state index is -1.28. The summed E-state index contributed by atoms with van der Waals surface area (Å²) in [7, 11) is 1.72. The van der Waals surface area contributed by atoms with Crippen molar-refractivity contribution in [2.75, 3.05) is 23.8 Å². The van der Waals surface area contributed by atoms with E-state index in [1.54, 1.807) is 44.7 Å². The number of fused-ring (bicyclic) bond motifs is 1. The lowest BCUT2D eigenvalue weighted by Crippen LogP contribution is -2.48. The van der Waals surface area contributed by atoms with E-state index < -0.39 is 23.0 Å². The van der Waals surface area contributed by atoms with E-state index in [-0.39, 0.29) is 11.9 Å². The molecule has 0 bridgehead atoms. The second kappa shape index (κ2) is 7.71. The zero-order chi connectivity index (χ0) is 22.4. The van der Waals surface area contributed by atoms with Gasteiger partial charge in [-0.1, -0.05) is 6.92 Å². The van der Waals surface area contributed by atoms with E-state index in [0.717, 1.165) is 12.8 Å². The highest BCUT2D eigenvalue weighted by atomic mass is 19.1. The molecule has 0 saturated carbocycles. The van der Waals surface area contributed by atoms with Gasteiger partial charge in [-0.2, -0.15) is 5.10 Å². The van der Waals surface area contributed by atoms with Crippen LogP contribution in [0.4, 0.5) is 20.3 Å². The van der Waals surface area contributed by atoms with Gasteiger partial charge in [0.15, 0.2) is 5.65 Å². The molecule has 7 nitrogen and oxygen atoms in total. The van der Waals surface area contributed by atoms with Gasteiger partial charge < -0.3 is 15.5 Å². The topological polar surface area (TPSA) is 74.6 Å². The number of halogens is 2. The molecular formula is C22H28F2N6O. The molecule has 0 spiro atoms. The number of likely N-dealkylation sites (N-methyl/N-ethyl adjacent to an activating group) is 1. The Balaban J connectivity index is 1.67. The Bertz CT molecular complexity index is 1060. The summed E-state index contributed by atoms with van der Waals surface area (Å²) < 4.78 is 30.5. The molecule has 9 heteroatoms. The van der Waals surface area contributed by atoms with Crippen molar-refractivity contribution < 1.29 is 13.6 Å². The van der Waals surface area contributed by atoms with Crippen molar-refractivity contribution in [1.82, 2.24) is 19.9 Å². The predicted molar refractivity (Wildman–Crippen MR) is 116 cm³/mol. The van der Waals surface area contributed by atoms with Crippen LogP contribution in [0.15, 0.2) is 42.5 Å². The maximum atomic E-state index is 14.9. The summed E-state index contributed by atoms with van der Waals surface area (Å²) in [6.07, 6.45) is 7.50. The predicted octanol–water partition coefficient (Wildman–Crippen LogP) is 3.40. The second-order valence-corrected chi connectivity index (χ2v) is 8.95. The Morgan fingerprint density at radius 2 is 2.16 bits per heavy atom.